The number of fused-ring (bicyclic) bond motifs is 1. The van der Waals surface area contributed by atoms with Crippen LogP contribution in [0.1, 0.15) is 19.7 Å². The molecule has 0 spiro atoms. The van der Waals surface area contributed by atoms with Gasteiger partial charge in [-0.25, -0.2) is 15.0 Å². The van der Waals surface area contributed by atoms with Crippen molar-refractivity contribution in [1.82, 2.24) is 25.3 Å². The van der Waals surface area contributed by atoms with Crippen molar-refractivity contribution in [2.45, 2.75) is 32.9 Å². The maximum absolute atomic E-state index is 4.59. The van der Waals surface area contributed by atoms with Crippen molar-refractivity contribution < 1.29 is 0 Å². The maximum Gasteiger partial charge on any atom is 0.140 e. The highest BCUT2D eigenvalue weighted by molar-refractivity contribution is 6.01. The minimum absolute atomic E-state index is 0.459. The first-order valence-corrected chi connectivity index (χ1v) is 8.39. The van der Waals surface area contributed by atoms with E-state index in [2.05, 4.69) is 50.1 Å². The Morgan fingerprint density at radius 2 is 1.83 bits per heavy atom. The predicted octanol–water partition coefficient (Wildman–Crippen LogP) is 2.51. The molecular weight excluding hydrogens is 300 g/mol. The summed E-state index contributed by atoms with van der Waals surface area (Å²) >= 11 is 0. The fourth-order valence-corrected chi connectivity index (χ4v) is 3.63. The Bertz CT molecular complexity index is 861. The number of pyridine rings is 1. The molecule has 0 saturated carbocycles. The van der Waals surface area contributed by atoms with E-state index >= 15 is 0 Å². The van der Waals surface area contributed by atoms with Gasteiger partial charge in [0.1, 0.15) is 11.5 Å². The lowest BCUT2D eigenvalue weighted by Gasteiger charge is -2.38. The summed E-state index contributed by atoms with van der Waals surface area (Å²) in [6.07, 6.45) is 5.68. The zero-order valence-electron chi connectivity index (χ0n) is 14.2. The van der Waals surface area contributed by atoms with E-state index in [1.165, 1.54) is 5.69 Å². The van der Waals surface area contributed by atoms with Crippen LogP contribution in [-0.2, 0) is 0 Å². The molecule has 2 unspecified atom stereocenters. The Hall–Kier alpha value is -2.47. The SMILES string of the molecule is Cc1nccc(-c2c[nH]c3nccc(N4CC(C)NC(C)C4)c23)n1. The molecule has 6 heteroatoms. The Labute approximate surface area is 141 Å². The van der Waals surface area contributed by atoms with Crippen molar-refractivity contribution in [1.29, 1.82) is 0 Å². The molecule has 124 valence electrons. The third-order valence-corrected chi connectivity index (χ3v) is 4.50. The fraction of sp³-hybridized carbons (Fsp3) is 0.389. The summed E-state index contributed by atoms with van der Waals surface area (Å²) in [6.45, 7) is 8.34. The van der Waals surface area contributed by atoms with Gasteiger partial charge < -0.3 is 15.2 Å². The second-order valence-electron chi connectivity index (χ2n) is 6.62. The van der Waals surface area contributed by atoms with Crippen LogP contribution in [-0.4, -0.2) is 45.1 Å². The number of H-pyrrole nitrogens is 1. The fourth-order valence-electron chi connectivity index (χ4n) is 3.63. The van der Waals surface area contributed by atoms with Gasteiger partial charge in [0.05, 0.1) is 16.8 Å². The van der Waals surface area contributed by atoms with E-state index in [0.29, 0.717) is 12.1 Å². The van der Waals surface area contributed by atoms with Gasteiger partial charge in [0, 0.05) is 49.3 Å². The van der Waals surface area contributed by atoms with Crippen molar-refractivity contribution in [3.8, 4) is 11.3 Å². The normalized spacial score (nSPS) is 21.4. The number of aromatic nitrogens is 4. The van der Waals surface area contributed by atoms with Crippen LogP contribution in [0.15, 0.2) is 30.7 Å². The Balaban J connectivity index is 1.86. The molecule has 1 aliphatic rings. The first kappa shape index (κ1) is 15.1. The zero-order chi connectivity index (χ0) is 16.7. The third-order valence-electron chi connectivity index (χ3n) is 4.50. The minimum atomic E-state index is 0.459. The zero-order valence-corrected chi connectivity index (χ0v) is 14.2. The van der Waals surface area contributed by atoms with E-state index in [-0.39, 0.29) is 0 Å². The summed E-state index contributed by atoms with van der Waals surface area (Å²) in [7, 11) is 0. The number of anilines is 1. The summed E-state index contributed by atoms with van der Waals surface area (Å²) in [5.41, 5.74) is 4.13. The maximum atomic E-state index is 4.59. The van der Waals surface area contributed by atoms with Gasteiger partial charge in [0.2, 0.25) is 0 Å². The molecule has 0 aliphatic carbocycles. The minimum Gasteiger partial charge on any atom is -0.368 e. The van der Waals surface area contributed by atoms with E-state index in [4.69, 9.17) is 0 Å². The highest BCUT2D eigenvalue weighted by Gasteiger charge is 2.24. The average molecular weight is 322 g/mol. The van der Waals surface area contributed by atoms with Gasteiger partial charge in [0.25, 0.3) is 0 Å². The van der Waals surface area contributed by atoms with Crippen LogP contribution in [0.2, 0.25) is 0 Å². The van der Waals surface area contributed by atoms with Crippen molar-refractivity contribution in [3.63, 3.8) is 0 Å². The van der Waals surface area contributed by atoms with Gasteiger partial charge in [0.15, 0.2) is 0 Å². The average Bonchev–Trinajstić information content (AvgIpc) is 2.98. The number of aryl methyl sites for hydroxylation is 1. The monoisotopic (exact) mass is 322 g/mol. The van der Waals surface area contributed by atoms with E-state index in [1.54, 1.807) is 0 Å². The van der Waals surface area contributed by atoms with E-state index in [0.717, 1.165) is 41.2 Å². The smallest absolute Gasteiger partial charge is 0.140 e. The molecule has 1 aliphatic heterocycles. The standard InChI is InChI=1S/C18H22N6/c1-11-9-24(10-12(2)22-11)16-5-7-20-18-17(16)14(8-21-18)15-4-6-19-13(3)23-15/h4-8,11-12,22H,9-10H2,1-3H3,(H,20,21). The summed E-state index contributed by atoms with van der Waals surface area (Å²) in [5, 5.41) is 4.72. The largest absolute Gasteiger partial charge is 0.368 e. The number of hydrogen-bond donors (Lipinski definition) is 2. The molecule has 2 N–H and O–H groups in total. The topological polar surface area (TPSA) is 69.7 Å². The number of aromatic amines is 1. The van der Waals surface area contributed by atoms with Crippen LogP contribution in [0.3, 0.4) is 0 Å². The van der Waals surface area contributed by atoms with E-state index in [1.807, 2.05) is 31.6 Å². The molecular formula is C18H22N6. The van der Waals surface area contributed by atoms with Crippen LogP contribution < -0.4 is 10.2 Å². The molecule has 4 heterocycles. The second-order valence-corrected chi connectivity index (χ2v) is 6.62. The van der Waals surface area contributed by atoms with Crippen LogP contribution in [0.4, 0.5) is 5.69 Å². The van der Waals surface area contributed by atoms with Crippen LogP contribution in [0.5, 0.6) is 0 Å². The first-order valence-electron chi connectivity index (χ1n) is 8.39. The summed E-state index contributed by atoms with van der Waals surface area (Å²) in [4.78, 5) is 19.0. The second kappa shape index (κ2) is 5.87. The van der Waals surface area contributed by atoms with Crippen molar-refractivity contribution in [2.24, 2.45) is 0 Å². The number of hydrogen-bond acceptors (Lipinski definition) is 5. The number of nitrogens with one attached hydrogen (secondary N) is 2. The molecule has 0 bridgehead atoms. The molecule has 1 saturated heterocycles. The van der Waals surface area contributed by atoms with Gasteiger partial charge in [-0.1, -0.05) is 0 Å². The molecule has 0 radical (unpaired) electrons. The van der Waals surface area contributed by atoms with Crippen molar-refractivity contribution in [3.05, 3.63) is 36.5 Å². The highest BCUT2D eigenvalue weighted by atomic mass is 15.2. The summed E-state index contributed by atoms with van der Waals surface area (Å²) in [5.74, 6) is 0.775. The van der Waals surface area contributed by atoms with Crippen LogP contribution in [0, 0.1) is 6.92 Å². The van der Waals surface area contributed by atoms with Gasteiger partial charge >= 0.3 is 0 Å². The van der Waals surface area contributed by atoms with Crippen molar-refractivity contribution in [2.75, 3.05) is 18.0 Å². The molecule has 0 aromatic carbocycles. The Morgan fingerprint density at radius 1 is 1.08 bits per heavy atom. The Kier molecular flexibility index (Phi) is 3.69. The number of nitrogens with zero attached hydrogens (tertiary/aromatic N) is 4. The van der Waals surface area contributed by atoms with Crippen LogP contribution in [0.25, 0.3) is 22.3 Å². The molecule has 2 atom stereocenters. The van der Waals surface area contributed by atoms with E-state index < -0.39 is 0 Å². The molecule has 0 amide bonds. The third kappa shape index (κ3) is 2.63. The summed E-state index contributed by atoms with van der Waals surface area (Å²) < 4.78 is 0. The number of piperazine rings is 1. The molecule has 3 aromatic rings. The van der Waals surface area contributed by atoms with Gasteiger partial charge in [-0.05, 0) is 32.9 Å². The predicted molar refractivity (Wildman–Crippen MR) is 96.1 cm³/mol. The molecule has 6 nitrogen and oxygen atoms in total. The van der Waals surface area contributed by atoms with Crippen molar-refractivity contribution >= 4 is 16.7 Å². The van der Waals surface area contributed by atoms with Gasteiger partial charge in [-0.3, -0.25) is 0 Å². The quantitative estimate of drug-likeness (QED) is 0.759. The number of rotatable bonds is 2. The molecule has 1 fully saturated rings. The van der Waals surface area contributed by atoms with Crippen LogP contribution >= 0.6 is 0 Å². The first-order chi connectivity index (χ1) is 11.6. The molecule has 24 heavy (non-hydrogen) atoms. The highest BCUT2D eigenvalue weighted by Crippen LogP contribution is 2.34. The van der Waals surface area contributed by atoms with Gasteiger partial charge in [-0.2, -0.15) is 0 Å². The lowest BCUT2D eigenvalue weighted by atomic mass is 10.1. The lowest BCUT2D eigenvalue weighted by Crippen LogP contribution is -2.54. The molecule has 3 aromatic heterocycles. The lowest BCUT2D eigenvalue weighted by molar-refractivity contribution is 0.407. The Morgan fingerprint density at radius 3 is 2.58 bits per heavy atom. The van der Waals surface area contributed by atoms with Gasteiger partial charge in [-0.15, -0.1) is 0 Å². The van der Waals surface area contributed by atoms with E-state index in [9.17, 15) is 0 Å². The molecule has 4 rings (SSSR count). The summed E-state index contributed by atoms with van der Waals surface area (Å²) in [6, 6.07) is 4.98.